The monoisotopic (exact) mass is 1100 g/mol. The molecule has 0 spiro atoms. The zero-order valence-corrected chi connectivity index (χ0v) is 44.2. The number of aliphatic hydroxyl groups is 1. The van der Waals surface area contributed by atoms with Gasteiger partial charge in [-0.05, 0) is 67.5 Å². The second-order valence-electron chi connectivity index (χ2n) is 19.7. The number of fused-ring (bicyclic) bond motifs is 1. The molecule has 4 aromatic carbocycles. The Labute approximate surface area is 461 Å². The summed E-state index contributed by atoms with van der Waals surface area (Å²) in [6.07, 6.45) is -1.94. The van der Waals surface area contributed by atoms with Crippen molar-refractivity contribution in [3.63, 3.8) is 0 Å². The van der Waals surface area contributed by atoms with Gasteiger partial charge in [-0.15, -0.1) is 0 Å². The molecule has 0 radical (unpaired) electrons. The van der Waals surface area contributed by atoms with Gasteiger partial charge in [0.25, 0.3) is 0 Å². The van der Waals surface area contributed by atoms with Gasteiger partial charge in [-0.1, -0.05) is 109 Å². The number of amides is 9. The quantitative estimate of drug-likeness (QED) is 0.0560. The highest BCUT2D eigenvalue weighted by atomic mass is 16.4. The molecule has 15 N–H and O–H groups in total. The van der Waals surface area contributed by atoms with Crippen LogP contribution in [0.2, 0.25) is 0 Å². The Morgan fingerprint density at radius 1 is 0.537 bits per heavy atom. The maximum Gasteiger partial charge on any atom is 0.326 e. The molecule has 0 aliphatic carbocycles. The van der Waals surface area contributed by atoms with Gasteiger partial charge in [-0.2, -0.15) is 0 Å². The Kier molecular flexibility index (Phi) is 22.4. The van der Waals surface area contributed by atoms with Crippen LogP contribution in [-0.4, -0.2) is 135 Å². The fourth-order valence-electron chi connectivity index (χ4n) is 9.16. The number of primary amides is 1. The Morgan fingerprint density at radius 2 is 0.975 bits per heavy atom. The summed E-state index contributed by atoms with van der Waals surface area (Å²) in [7, 11) is 0. The third-order valence-electron chi connectivity index (χ3n) is 13.5. The standard InChI is InChI=1S/C57H69N11O12/c1-33(69)49-56(78)67-44(29-36-19-9-4-10-20-36)51(73)63-41(57(79)80)24-25-48(71)61-46(31-47(59)70)55(77)65-42(27-34-15-5-2-6-16-34)52(74)64-43(28-35-17-7-3-8-18-35)53(75)66-45(30-37-32-60-39-22-12-11-21-38(37)39)54(76)62-40(50(72)68-49)23-13-14-26-58/h2-12,15-22,32-33,40-46,49,60,69H,13-14,23-31,58H2,1H3,(H2,59,70)(H,61,71)(H,62,76)(H,63,73)(H,64,74)(H,65,77)(H,66,75)(H,67,78)(H,68,72)(H,79,80)/t33-,40+,41-,42+,43+,44+,45-,46+,49+/m1/s1. The number of carbonyl (C=O) groups excluding carboxylic acids is 9. The fourth-order valence-corrected chi connectivity index (χ4v) is 9.16. The number of carboxylic acids is 1. The van der Waals surface area contributed by atoms with Crippen molar-refractivity contribution in [2.75, 3.05) is 6.54 Å². The number of hydrogen-bond donors (Lipinski definition) is 13. The molecule has 0 unspecified atom stereocenters. The summed E-state index contributed by atoms with van der Waals surface area (Å²) in [5, 5.41) is 42.7. The highest BCUT2D eigenvalue weighted by molar-refractivity contribution is 5.99. The number of aliphatic hydroxyl groups excluding tert-OH is 1. The van der Waals surface area contributed by atoms with Gasteiger partial charge >= 0.3 is 5.97 Å². The van der Waals surface area contributed by atoms with E-state index in [2.05, 4.69) is 47.5 Å². The van der Waals surface area contributed by atoms with Crippen LogP contribution in [0.4, 0.5) is 0 Å². The number of unbranched alkanes of at least 4 members (excludes halogenated alkanes) is 1. The Morgan fingerprint density at radius 3 is 1.46 bits per heavy atom. The lowest BCUT2D eigenvalue weighted by molar-refractivity contribution is -0.143. The minimum Gasteiger partial charge on any atom is -0.480 e. The number of nitrogens with one attached hydrogen (secondary N) is 9. The molecule has 2 heterocycles. The molecule has 1 aliphatic rings. The largest absolute Gasteiger partial charge is 0.480 e. The van der Waals surface area contributed by atoms with Crippen molar-refractivity contribution in [1.82, 2.24) is 47.5 Å². The number of nitrogens with two attached hydrogens (primary N) is 2. The second-order valence-corrected chi connectivity index (χ2v) is 19.7. The summed E-state index contributed by atoms with van der Waals surface area (Å²) >= 11 is 0. The van der Waals surface area contributed by atoms with E-state index in [-0.39, 0.29) is 38.6 Å². The van der Waals surface area contributed by atoms with Gasteiger partial charge < -0.3 is 69.2 Å². The molecule has 9 atom stereocenters. The molecule has 6 rings (SSSR count). The average molecular weight is 1100 g/mol. The summed E-state index contributed by atoms with van der Waals surface area (Å²) in [5.74, 6) is -10.2. The van der Waals surface area contributed by atoms with Crippen LogP contribution < -0.4 is 54.0 Å². The Bertz CT molecular complexity index is 2960. The van der Waals surface area contributed by atoms with Gasteiger partial charge in [0.15, 0.2) is 0 Å². The molecule has 1 saturated heterocycles. The number of carbonyl (C=O) groups is 10. The molecule has 1 aromatic heterocycles. The number of para-hydroxylation sites is 1. The first kappa shape index (κ1) is 60.3. The highest BCUT2D eigenvalue weighted by Gasteiger charge is 2.37. The lowest BCUT2D eigenvalue weighted by Crippen LogP contribution is -2.62. The third-order valence-corrected chi connectivity index (χ3v) is 13.5. The van der Waals surface area contributed by atoms with Crippen molar-refractivity contribution in [3.05, 3.63) is 144 Å². The van der Waals surface area contributed by atoms with Crippen LogP contribution in [0.1, 0.15) is 67.7 Å². The number of rotatable bonds is 16. The van der Waals surface area contributed by atoms with E-state index in [1.54, 1.807) is 103 Å². The maximum atomic E-state index is 14.9. The molecule has 5 aromatic rings. The van der Waals surface area contributed by atoms with Crippen LogP contribution in [0.15, 0.2) is 121 Å². The first-order chi connectivity index (χ1) is 38.4. The van der Waals surface area contributed by atoms with E-state index in [9.17, 15) is 58.2 Å². The summed E-state index contributed by atoms with van der Waals surface area (Å²) < 4.78 is 0. The van der Waals surface area contributed by atoms with E-state index in [4.69, 9.17) is 11.5 Å². The summed E-state index contributed by atoms with van der Waals surface area (Å²) in [4.78, 5) is 143. The van der Waals surface area contributed by atoms with E-state index < -0.39 is 133 Å². The minimum absolute atomic E-state index is 0.0359. The summed E-state index contributed by atoms with van der Waals surface area (Å²) in [5.41, 5.74) is 14.3. The molecular weight excluding hydrogens is 1030 g/mol. The number of aromatic nitrogens is 1. The van der Waals surface area contributed by atoms with Crippen molar-refractivity contribution in [2.24, 2.45) is 11.5 Å². The van der Waals surface area contributed by atoms with Crippen molar-refractivity contribution in [1.29, 1.82) is 0 Å². The normalized spacial score (nSPS) is 22.9. The highest BCUT2D eigenvalue weighted by Crippen LogP contribution is 2.20. The van der Waals surface area contributed by atoms with Crippen molar-refractivity contribution in [2.45, 2.75) is 126 Å². The van der Waals surface area contributed by atoms with Gasteiger partial charge in [0.05, 0.1) is 12.5 Å². The summed E-state index contributed by atoms with van der Waals surface area (Å²) in [6, 6.07) is 20.1. The smallest absolute Gasteiger partial charge is 0.326 e. The van der Waals surface area contributed by atoms with Crippen LogP contribution in [0.25, 0.3) is 10.9 Å². The SMILES string of the molecule is C[C@@H](O)[C@@H]1NC(=O)[C@H](CCCCN)NC(=O)[C@@H](Cc2c[nH]c3ccccc23)NC(=O)[C@H](Cc2ccccc2)NC(=O)[C@H](Cc2ccccc2)NC(=O)[C@H](CC(N)=O)NC(=O)CC[C@H](C(=O)O)NC(=O)[C@H](Cc2ccccc2)NC1=O. The van der Waals surface area contributed by atoms with E-state index >= 15 is 0 Å². The molecule has 23 heteroatoms. The van der Waals surface area contributed by atoms with Crippen LogP contribution in [0.3, 0.4) is 0 Å². The molecule has 1 aliphatic heterocycles. The van der Waals surface area contributed by atoms with E-state index in [1.165, 1.54) is 6.92 Å². The molecule has 0 bridgehead atoms. The molecule has 23 nitrogen and oxygen atoms in total. The first-order valence-corrected chi connectivity index (χ1v) is 26.4. The van der Waals surface area contributed by atoms with Gasteiger partial charge in [0.2, 0.25) is 53.2 Å². The van der Waals surface area contributed by atoms with Gasteiger partial charge in [-0.3, -0.25) is 43.2 Å². The second kappa shape index (κ2) is 29.7. The molecule has 0 saturated carbocycles. The summed E-state index contributed by atoms with van der Waals surface area (Å²) in [6.45, 7) is 1.43. The number of benzene rings is 4. The van der Waals surface area contributed by atoms with Crippen LogP contribution in [0, 0.1) is 0 Å². The van der Waals surface area contributed by atoms with E-state index in [1.807, 2.05) is 18.2 Å². The zero-order valence-electron chi connectivity index (χ0n) is 44.2. The lowest BCUT2D eigenvalue weighted by Gasteiger charge is -2.29. The molecule has 1 fully saturated rings. The third kappa shape index (κ3) is 18.1. The predicted molar refractivity (Wildman–Crippen MR) is 293 cm³/mol. The molecule has 9 amide bonds. The molecule has 424 valence electrons. The number of hydrogen-bond acceptors (Lipinski definition) is 12. The average Bonchev–Trinajstić information content (AvgIpc) is 3.86. The van der Waals surface area contributed by atoms with E-state index in [0.29, 0.717) is 40.5 Å². The van der Waals surface area contributed by atoms with Crippen molar-refractivity contribution < 1.29 is 58.2 Å². The number of aromatic amines is 1. The minimum atomic E-state index is -1.77. The number of H-pyrrole nitrogens is 1. The van der Waals surface area contributed by atoms with Crippen molar-refractivity contribution in [3.8, 4) is 0 Å². The topological polar surface area (TPSA) is 375 Å². The number of carboxylic acid groups (broad SMARTS) is 1. The number of aliphatic carboxylic acids is 1. The van der Waals surface area contributed by atoms with E-state index in [0.717, 1.165) is 5.52 Å². The zero-order chi connectivity index (χ0) is 57.7. The van der Waals surface area contributed by atoms with Gasteiger partial charge in [0, 0.05) is 49.2 Å². The van der Waals surface area contributed by atoms with Crippen LogP contribution in [-0.2, 0) is 73.6 Å². The fraction of sp³-hybridized carbons (Fsp3) is 0.368. The predicted octanol–water partition coefficient (Wildman–Crippen LogP) is -0.419. The Balaban J connectivity index is 1.44. The van der Waals surface area contributed by atoms with Crippen molar-refractivity contribution >= 4 is 70.0 Å². The lowest BCUT2D eigenvalue weighted by atomic mass is 10.00. The van der Waals surface area contributed by atoms with Gasteiger partial charge in [0.1, 0.15) is 48.3 Å². The molecule has 80 heavy (non-hydrogen) atoms. The van der Waals surface area contributed by atoms with Crippen LogP contribution in [0.5, 0.6) is 0 Å². The first-order valence-electron chi connectivity index (χ1n) is 26.4. The van der Waals surface area contributed by atoms with Crippen LogP contribution >= 0.6 is 0 Å². The molecular formula is C57H69N11O12. The Hall–Kier alpha value is -8.96. The van der Waals surface area contributed by atoms with Gasteiger partial charge in [-0.25, -0.2) is 4.79 Å². The maximum absolute atomic E-state index is 14.9.